The van der Waals surface area contributed by atoms with E-state index in [2.05, 4.69) is 15.4 Å². The number of halogens is 3. The third-order valence-corrected chi connectivity index (χ3v) is 5.05. The number of benzene rings is 2. The second kappa shape index (κ2) is 10.4. The Labute approximate surface area is 178 Å². The number of rotatable bonds is 7. The summed E-state index contributed by atoms with van der Waals surface area (Å²) in [6.07, 6.45) is 1.49. The van der Waals surface area contributed by atoms with Crippen LogP contribution in [-0.4, -0.2) is 49.0 Å². The van der Waals surface area contributed by atoms with Crippen LogP contribution in [-0.2, 0) is 4.79 Å². The summed E-state index contributed by atoms with van der Waals surface area (Å²) in [7, 11) is 0. The highest BCUT2D eigenvalue weighted by molar-refractivity contribution is 6.32. The van der Waals surface area contributed by atoms with Gasteiger partial charge >= 0.3 is 6.61 Å². The van der Waals surface area contributed by atoms with Crippen molar-refractivity contribution in [2.45, 2.75) is 25.5 Å². The van der Waals surface area contributed by atoms with Gasteiger partial charge in [-0.2, -0.15) is 8.78 Å². The monoisotopic (exact) mass is 437 g/mol. The number of hydrogen-bond donors (Lipinski definition) is 2. The first-order chi connectivity index (χ1) is 14.4. The highest BCUT2D eigenvalue weighted by Gasteiger charge is 2.22. The Morgan fingerprint density at radius 1 is 1.13 bits per heavy atom. The van der Waals surface area contributed by atoms with Crippen molar-refractivity contribution in [3.63, 3.8) is 0 Å². The molecule has 160 valence electrons. The number of ether oxygens (including phenoxy) is 1. The molecule has 2 N–H and O–H groups in total. The van der Waals surface area contributed by atoms with Crippen LogP contribution in [0.1, 0.15) is 23.2 Å². The zero-order valence-corrected chi connectivity index (χ0v) is 16.9. The van der Waals surface area contributed by atoms with Gasteiger partial charge in [-0.05, 0) is 43.2 Å². The van der Waals surface area contributed by atoms with Crippen LogP contribution in [0.4, 0.5) is 14.5 Å². The Kier molecular flexibility index (Phi) is 7.59. The van der Waals surface area contributed by atoms with Gasteiger partial charge in [-0.15, -0.1) is 0 Å². The van der Waals surface area contributed by atoms with Crippen LogP contribution in [0.15, 0.2) is 48.5 Å². The normalized spacial score (nSPS) is 15.1. The van der Waals surface area contributed by atoms with Gasteiger partial charge in [0, 0.05) is 30.4 Å². The number of carbonyl (C=O) groups is 2. The van der Waals surface area contributed by atoms with Crippen LogP contribution in [0.3, 0.4) is 0 Å². The number of amides is 2. The standard InChI is InChI=1S/C21H22ClF2N3O3/c22-17-12-16(6-7-18(17)30-21(23)24)25-19(28)13-27-10-8-15(9-11-27)26-20(29)14-4-2-1-3-5-14/h1-7,12,15,21H,8-11,13H2,(H,25,28)(H,26,29). The van der Waals surface area contributed by atoms with E-state index < -0.39 is 6.61 Å². The Balaban J connectivity index is 1.43. The van der Waals surface area contributed by atoms with Crippen molar-refractivity contribution in [1.29, 1.82) is 0 Å². The number of likely N-dealkylation sites (tertiary alicyclic amines) is 1. The number of hydrogen-bond acceptors (Lipinski definition) is 4. The van der Waals surface area contributed by atoms with Crippen molar-refractivity contribution in [2.24, 2.45) is 0 Å². The maximum Gasteiger partial charge on any atom is 0.387 e. The van der Waals surface area contributed by atoms with Crippen molar-refractivity contribution in [2.75, 3.05) is 25.0 Å². The van der Waals surface area contributed by atoms with Crippen molar-refractivity contribution in [1.82, 2.24) is 10.2 Å². The molecular weight excluding hydrogens is 416 g/mol. The van der Waals surface area contributed by atoms with Crippen molar-refractivity contribution in [3.05, 3.63) is 59.1 Å². The van der Waals surface area contributed by atoms with E-state index in [9.17, 15) is 18.4 Å². The Hall–Kier alpha value is -2.71. The molecule has 1 fully saturated rings. The molecule has 0 radical (unpaired) electrons. The molecule has 2 amide bonds. The summed E-state index contributed by atoms with van der Waals surface area (Å²) in [5, 5.41) is 5.71. The van der Waals surface area contributed by atoms with E-state index in [1.54, 1.807) is 12.1 Å². The van der Waals surface area contributed by atoms with Crippen molar-refractivity contribution >= 4 is 29.1 Å². The first-order valence-electron chi connectivity index (χ1n) is 9.53. The van der Waals surface area contributed by atoms with Crippen LogP contribution in [0, 0.1) is 0 Å². The summed E-state index contributed by atoms with van der Waals surface area (Å²) in [5.41, 5.74) is 1.03. The van der Waals surface area contributed by atoms with E-state index >= 15 is 0 Å². The van der Waals surface area contributed by atoms with Crippen LogP contribution < -0.4 is 15.4 Å². The van der Waals surface area contributed by atoms with Gasteiger partial charge in [0.25, 0.3) is 5.91 Å². The van der Waals surface area contributed by atoms with Crippen LogP contribution in [0.5, 0.6) is 5.75 Å². The zero-order chi connectivity index (χ0) is 21.5. The molecule has 1 aliphatic heterocycles. The summed E-state index contributed by atoms with van der Waals surface area (Å²) >= 11 is 5.90. The molecule has 2 aromatic rings. The molecule has 0 spiro atoms. The zero-order valence-electron chi connectivity index (χ0n) is 16.1. The van der Waals surface area contributed by atoms with Gasteiger partial charge in [0.1, 0.15) is 5.75 Å². The van der Waals surface area contributed by atoms with Crippen molar-refractivity contribution in [3.8, 4) is 5.75 Å². The molecule has 0 bridgehead atoms. The molecular formula is C21H22ClF2N3O3. The predicted octanol–water partition coefficient (Wildman–Crippen LogP) is 3.77. The quantitative estimate of drug-likeness (QED) is 0.691. The van der Waals surface area contributed by atoms with E-state index in [0.717, 1.165) is 12.8 Å². The molecule has 1 heterocycles. The number of nitrogens with one attached hydrogen (secondary N) is 2. The second-order valence-electron chi connectivity index (χ2n) is 6.96. The summed E-state index contributed by atoms with van der Waals surface area (Å²) < 4.78 is 28.8. The molecule has 0 aromatic heterocycles. The molecule has 30 heavy (non-hydrogen) atoms. The number of alkyl halides is 2. The minimum Gasteiger partial charge on any atom is -0.433 e. The summed E-state index contributed by atoms with van der Waals surface area (Å²) in [6.45, 7) is -1.43. The predicted molar refractivity (Wildman–Crippen MR) is 110 cm³/mol. The largest absolute Gasteiger partial charge is 0.433 e. The van der Waals surface area contributed by atoms with E-state index in [1.165, 1.54) is 18.2 Å². The fourth-order valence-corrected chi connectivity index (χ4v) is 3.49. The average Bonchev–Trinajstić information content (AvgIpc) is 2.72. The maximum atomic E-state index is 12.3. The molecule has 3 rings (SSSR count). The van der Waals surface area contributed by atoms with Gasteiger partial charge in [0.15, 0.2) is 0 Å². The minimum absolute atomic E-state index is 0.0110. The van der Waals surface area contributed by atoms with Gasteiger partial charge in [-0.1, -0.05) is 29.8 Å². The third kappa shape index (κ3) is 6.40. The van der Waals surface area contributed by atoms with E-state index in [-0.39, 0.29) is 35.2 Å². The lowest BCUT2D eigenvalue weighted by Crippen LogP contribution is -2.46. The van der Waals surface area contributed by atoms with Crippen molar-refractivity contribution < 1.29 is 23.1 Å². The molecule has 6 nitrogen and oxygen atoms in total. The molecule has 0 aliphatic carbocycles. The van der Waals surface area contributed by atoms with Crippen LogP contribution in [0.25, 0.3) is 0 Å². The average molecular weight is 438 g/mol. The lowest BCUT2D eigenvalue weighted by Gasteiger charge is -2.31. The van der Waals surface area contributed by atoms with E-state index in [0.29, 0.717) is 24.3 Å². The number of carbonyl (C=O) groups excluding carboxylic acids is 2. The fourth-order valence-electron chi connectivity index (χ4n) is 3.27. The Bertz CT molecular complexity index is 875. The molecule has 0 atom stereocenters. The fraction of sp³-hybridized carbons (Fsp3) is 0.333. The Morgan fingerprint density at radius 3 is 2.47 bits per heavy atom. The summed E-state index contributed by atoms with van der Waals surface area (Å²) in [6, 6.07) is 13.2. The smallest absolute Gasteiger partial charge is 0.387 e. The molecule has 2 aromatic carbocycles. The number of piperidine rings is 1. The highest BCUT2D eigenvalue weighted by atomic mass is 35.5. The third-order valence-electron chi connectivity index (χ3n) is 4.76. The first-order valence-corrected chi connectivity index (χ1v) is 9.91. The number of anilines is 1. The lowest BCUT2D eigenvalue weighted by atomic mass is 10.0. The molecule has 0 unspecified atom stereocenters. The van der Waals surface area contributed by atoms with Crippen LogP contribution in [0.2, 0.25) is 5.02 Å². The summed E-state index contributed by atoms with van der Waals surface area (Å²) in [5.74, 6) is -0.479. The maximum absolute atomic E-state index is 12.3. The second-order valence-corrected chi connectivity index (χ2v) is 7.37. The van der Waals surface area contributed by atoms with Gasteiger partial charge in [-0.3, -0.25) is 14.5 Å². The topological polar surface area (TPSA) is 70.7 Å². The number of nitrogens with zero attached hydrogens (tertiary/aromatic N) is 1. The first kappa shape index (κ1) is 22.0. The lowest BCUT2D eigenvalue weighted by molar-refractivity contribution is -0.117. The van der Waals surface area contributed by atoms with Gasteiger partial charge in [-0.25, -0.2) is 0 Å². The van der Waals surface area contributed by atoms with Gasteiger partial charge in [0.2, 0.25) is 5.91 Å². The van der Waals surface area contributed by atoms with E-state index in [1.807, 2.05) is 23.1 Å². The van der Waals surface area contributed by atoms with Crippen LogP contribution >= 0.6 is 11.6 Å². The summed E-state index contributed by atoms with van der Waals surface area (Å²) in [4.78, 5) is 26.5. The Morgan fingerprint density at radius 2 is 1.83 bits per heavy atom. The molecule has 0 saturated carbocycles. The minimum atomic E-state index is -2.97. The highest BCUT2D eigenvalue weighted by Crippen LogP contribution is 2.29. The van der Waals surface area contributed by atoms with Gasteiger partial charge in [0.05, 0.1) is 11.6 Å². The molecule has 9 heteroatoms. The SMILES string of the molecule is O=C(CN1CCC(NC(=O)c2ccccc2)CC1)Nc1ccc(OC(F)F)c(Cl)c1. The molecule has 1 aliphatic rings. The van der Waals surface area contributed by atoms with E-state index in [4.69, 9.17) is 11.6 Å². The van der Waals surface area contributed by atoms with Gasteiger partial charge < -0.3 is 15.4 Å². The molecule has 1 saturated heterocycles.